The van der Waals surface area contributed by atoms with Gasteiger partial charge in [-0.25, -0.2) is 4.99 Å². The van der Waals surface area contributed by atoms with E-state index in [1.807, 2.05) is 32.0 Å². The third kappa shape index (κ3) is 4.51. The Kier molecular flexibility index (Phi) is 6.09. The molecule has 8 heteroatoms. The van der Waals surface area contributed by atoms with Crippen molar-refractivity contribution in [3.63, 3.8) is 0 Å². The number of hydrogen-bond acceptors (Lipinski definition) is 4. The summed E-state index contributed by atoms with van der Waals surface area (Å²) in [7, 11) is 0. The number of amidine groups is 1. The van der Waals surface area contributed by atoms with Gasteiger partial charge >= 0.3 is 0 Å². The summed E-state index contributed by atoms with van der Waals surface area (Å²) < 4.78 is 0. The third-order valence-corrected chi connectivity index (χ3v) is 7.01. The zero-order valence-corrected chi connectivity index (χ0v) is 18.9. The van der Waals surface area contributed by atoms with Gasteiger partial charge in [-0.05, 0) is 56.0 Å². The second-order valence-electron chi connectivity index (χ2n) is 7.56. The van der Waals surface area contributed by atoms with Gasteiger partial charge in [-0.15, -0.1) is 0 Å². The fourth-order valence-electron chi connectivity index (χ4n) is 3.40. The van der Waals surface area contributed by atoms with Crippen LogP contribution in [0.1, 0.15) is 30.4 Å². The lowest BCUT2D eigenvalue weighted by molar-refractivity contribution is -0.128. The Morgan fingerprint density at radius 2 is 1.87 bits per heavy atom. The van der Waals surface area contributed by atoms with Crippen molar-refractivity contribution < 1.29 is 9.59 Å². The number of carbonyl (C=O) groups excluding carboxylic acids is 2. The highest BCUT2D eigenvalue weighted by Gasteiger charge is 2.46. The molecular weight excluding hydrogens is 441 g/mol. The van der Waals surface area contributed by atoms with Crippen LogP contribution in [0.2, 0.25) is 10.0 Å². The predicted octanol–water partition coefficient (Wildman–Crippen LogP) is 5.73. The second kappa shape index (κ2) is 8.61. The summed E-state index contributed by atoms with van der Waals surface area (Å²) in [6.45, 7) is 3.91. The van der Waals surface area contributed by atoms with Crippen LogP contribution in [0.5, 0.6) is 0 Å². The van der Waals surface area contributed by atoms with Gasteiger partial charge in [0.1, 0.15) is 5.25 Å². The number of benzene rings is 2. The first-order valence-electron chi connectivity index (χ1n) is 9.73. The number of anilines is 1. The van der Waals surface area contributed by atoms with Crippen molar-refractivity contribution in [1.29, 1.82) is 0 Å². The Morgan fingerprint density at radius 1 is 1.17 bits per heavy atom. The van der Waals surface area contributed by atoms with Crippen LogP contribution in [0.15, 0.2) is 41.4 Å². The number of aliphatic imine (C=N–C) groups is 1. The number of rotatable bonds is 5. The SMILES string of the molecule is Cc1cccc(C)c1NC(=O)CC1SC(=Nc2ccc(Cl)c(Cl)c2)N(C2CC2)C1=O. The van der Waals surface area contributed by atoms with Gasteiger partial charge in [0.05, 0.1) is 15.7 Å². The van der Waals surface area contributed by atoms with Gasteiger partial charge in [-0.3, -0.25) is 14.5 Å². The molecule has 1 aliphatic carbocycles. The molecule has 2 aromatic carbocycles. The van der Waals surface area contributed by atoms with Crippen LogP contribution in [-0.2, 0) is 9.59 Å². The normalized spacial score (nSPS) is 20.1. The number of halogens is 2. The van der Waals surface area contributed by atoms with Gasteiger partial charge in [0.2, 0.25) is 11.8 Å². The lowest BCUT2D eigenvalue weighted by Gasteiger charge is -2.15. The molecule has 1 N–H and O–H groups in total. The highest BCUT2D eigenvalue weighted by molar-refractivity contribution is 8.15. The Hall–Kier alpha value is -2.02. The van der Waals surface area contributed by atoms with Gasteiger partial charge in [-0.2, -0.15) is 0 Å². The summed E-state index contributed by atoms with van der Waals surface area (Å²) in [6.07, 6.45) is 2.00. The molecule has 0 radical (unpaired) electrons. The number of nitrogens with one attached hydrogen (secondary N) is 1. The molecule has 1 saturated heterocycles. The molecule has 4 rings (SSSR count). The first-order chi connectivity index (χ1) is 14.3. The molecule has 30 heavy (non-hydrogen) atoms. The van der Waals surface area contributed by atoms with E-state index < -0.39 is 5.25 Å². The minimum Gasteiger partial charge on any atom is -0.326 e. The van der Waals surface area contributed by atoms with E-state index in [0.717, 1.165) is 29.7 Å². The highest BCUT2D eigenvalue weighted by atomic mass is 35.5. The molecule has 1 heterocycles. The van der Waals surface area contributed by atoms with E-state index in [1.165, 1.54) is 11.8 Å². The molecule has 1 aliphatic heterocycles. The number of carbonyl (C=O) groups is 2. The van der Waals surface area contributed by atoms with E-state index in [0.29, 0.717) is 20.9 Å². The molecule has 5 nitrogen and oxygen atoms in total. The first-order valence-corrected chi connectivity index (χ1v) is 11.4. The molecule has 1 atom stereocenters. The quantitative estimate of drug-likeness (QED) is 0.617. The van der Waals surface area contributed by atoms with Crippen molar-refractivity contribution >= 4 is 63.3 Å². The number of hydrogen-bond donors (Lipinski definition) is 1. The highest BCUT2D eigenvalue weighted by Crippen LogP contribution is 2.40. The van der Waals surface area contributed by atoms with E-state index in [4.69, 9.17) is 23.2 Å². The summed E-state index contributed by atoms with van der Waals surface area (Å²) in [4.78, 5) is 32.1. The molecule has 1 unspecified atom stereocenters. The minimum atomic E-state index is -0.489. The maximum atomic E-state index is 13.0. The lowest BCUT2D eigenvalue weighted by Crippen LogP contribution is -2.35. The van der Waals surface area contributed by atoms with Gasteiger partial charge in [0.15, 0.2) is 5.17 Å². The number of amides is 2. The second-order valence-corrected chi connectivity index (χ2v) is 9.54. The molecule has 0 aromatic heterocycles. The molecule has 2 aromatic rings. The zero-order valence-electron chi connectivity index (χ0n) is 16.6. The van der Waals surface area contributed by atoms with Crippen LogP contribution in [0, 0.1) is 13.8 Å². The van der Waals surface area contributed by atoms with Crippen LogP contribution >= 0.6 is 35.0 Å². The average molecular weight is 462 g/mol. The van der Waals surface area contributed by atoms with E-state index >= 15 is 0 Å². The maximum Gasteiger partial charge on any atom is 0.242 e. The van der Waals surface area contributed by atoms with Crippen LogP contribution < -0.4 is 5.32 Å². The fourth-order valence-corrected chi connectivity index (χ4v) is 4.90. The fraction of sp³-hybridized carbons (Fsp3) is 0.318. The topological polar surface area (TPSA) is 61.8 Å². The number of aryl methyl sites for hydroxylation is 2. The van der Waals surface area contributed by atoms with Crippen LogP contribution in [0.25, 0.3) is 0 Å². The molecule has 2 fully saturated rings. The van der Waals surface area contributed by atoms with E-state index in [1.54, 1.807) is 23.1 Å². The van der Waals surface area contributed by atoms with Crippen LogP contribution in [-0.4, -0.2) is 33.2 Å². The molecule has 0 spiro atoms. The molecule has 2 aliphatic rings. The minimum absolute atomic E-state index is 0.0574. The van der Waals surface area contributed by atoms with E-state index in [-0.39, 0.29) is 24.3 Å². The van der Waals surface area contributed by atoms with Gasteiger partial charge in [-0.1, -0.05) is 53.2 Å². The van der Waals surface area contributed by atoms with Gasteiger partial charge < -0.3 is 5.32 Å². The van der Waals surface area contributed by atoms with Crippen LogP contribution in [0.4, 0.5) is 11.4 Å². The number of thioether (sulfide) groups is 1. The Bertz CT molecular complexity index is 1030. The predicted molar refractivity (Wildman–Crippen MR) is 124 cm³/mol. The molecular formula is C22H21Cl2N3O2S. The molecule has 0 bridgehead atoms. The third-order valence-electron chi connectivity index (χ3n) is 5.12. The summed E-state index contributed by atoms with van der Waals surface area (Å²) in [6, 6.07) is 11.1. The summed E-state index contributed by atoms with van der Waals surface area (Å²) in [5.41, 5.74) is 3.43. The van der Waals surface area contributed by atoms with Gasteiger partial charge in [0.25, 0.3) is 0 Å². The van der Waals surface area contributed by atoms with Crippen LogP contribution in [0.3, 0.4) is 0 Å². The number of para-hydroxylation sites is 1. The van der Waals surface area contributed by atoms with Crippen molar-refractivity contribution in [3.8, 4) is 0 Å². The summed E-state index contributed by atoms with van der Waals surface area (Å²) in [5, 5.41) is 3.96. The van der Waals surface area contributed by atoms with Crippen molar-refractivity contribution in [2.24, 2.45) is 4.99 Å². The average Bonchev–Trinajstić information content (AvgIpc) is 3.47. The van der Waals surface area contributed by atoms with Crippen molar-refractivity contribution in [2.45, 2.75) is 44.4 Å². The Morgan fingerprint density at radius 3 is 2.50 bits per heavy atom. The molecule has 1 saturated carbocycles. The monoisotopic (exact) mass is 461 g/mol. The maximum absolute atomic E-state index is 13.0. The molecule has 2 amide bonds. The Balaban J connectivity index is 1.52. The van der Waals surface area contributed by atoms with Crippen molar-refractivity contribution in [3.05, 3.63) is 57.6 Å². The Labute approximate surface area is 189 Å². The molecule has 156 valence electrons. The lowest BCUT2D eigenvalue weighted by atomic mass is 10.1. The van der Waals surface area contributed by atoms with E-state index in [9.17, 15) is 9.59 Å². The summed E-state index contributed by atoms with van der Waals surface area (Å²) >= 11 is 13.4. The standard InChI is InChI=1S/C22H21Cl2N3O2S/c1-12-4-3-5-13(2)20(12)26-19(28)11-18-21(29)27(15-7-8-15)22(30-18)25-14-6-9-16(23)17(24)10-14/h3-6,9-10,15,18H,7-8,11H2,1-2H3,(H,26,28). The smallest absolute Gasteiger partial charge is 0.242 e. The number of nitrogens with zero attached hydrogens (tertiary/aromatic N) is 2. The van der Waals surface area contributed by atoms with E-state index in [2.05, 4.69) is 10.3 Å². The van der Waals surface area contributed by atoms with Crippen molar-refractivity contribution in [1.82, 2.24) is 4.90 Å². The first kappa shape index (κ1) is 21.2. The summed E-state index contributed by atoms with van der Waals surface area (Å²) in [5.74, 6) is -0.234. The zero-order chi connectivity index (χ0) is 21.4. The largest absolute Gasteiger partial charge is 0.326 e. The van der Waals surface area contributed by atoms with Crippen molar-refractivity contribution in [2.75, 3.05) is 5.32 Å². The van der Waals surface area contributed by atoms with Gasteiger partial charge in [0, 0.05) is 18.2 Å².